The number of allylic oxidation sites excluding steroid dienone is 1. The van der Waals surface area contributed by atoms with Crippen LogP contribution >= 0.6 is 0 Å². The molecule has 0 aromatic heterocycles. The van der Waals surface area contributed by atoms with E-state index in [1.165, 1.54) is 45.1 Å². The zero-order valence-corrected chi connectivity index (χ0v) is 15.7. The highest BCUT2D eigenvalue weighted by Crippen LogP contribution is 2.69. The highest BCUT2D eigenvalue weighted by atomic mass is 16.6. The molecule has 0 unspecified atom stereocenters. The minimum atomic E-state index is -0.235. The van der Waals surface area contributed by atoms with Crippen LogP contribution in [0.5, 0.6) is 0 Å². The molecule has 8 atom stereocenters. The zero-order valence-electron chi connectivity index (χ0n) is 15.7. The highest BCUT2D eigenvalue weighted by molar-refractivity contribution is 5.71. The maximum atomic E-state index is 12.4. The summed E-state index contributed by atoms with van der Waals surface area (Å²) in [5.41, 5.74) is 1.72. The molecule has 3 saturated heterocycles. The monoisotopic (exact) mass is 341 g/mol. The van der Waals surface area contributed by atoms with Crippen molar-refractivity contribution in [3.05, 3.63) is 11.6 Å². The Balaban J connectivity index is 1.54. The van der Waals surface area contributed by atoms with Gasteiger partial charge in [-0.1, -0.05) is 18.6 Å². The summed E-state index contributed by atoms with van der Waals surface area (Å²) in [5.74, 6) is 3.01. The number of hydrogen-bond acceptors (Lipinski definition) is 3. The van der Waals surface area contributed by atoms with E-state index in [-0.39, 0.29) is 17.0 Å². The summed E-state index contributed by atoms with van der Waals surface area (Å²) in [6.07, 6.45) is 12.1. The molecule has 3 aliphatic heterocycles. The summed E-state index contributed by atoms with van der Waals surface area (Å²) >= 11 is 0. The maximum Gasteiger partial charge on any atom is 0.306 e. The standard InChI is InChI=1S/C22H31NO2/c1-13-12-23-19-16-5-3-4-14(16)6-7-17(19)21(2)22(11-9-18(24)25-21)10-8-15(13)20(22)23/h5,13-15,17,19-20H,3-4,6-12H2,1-2H3/t13-,14-,15-,17+,19+,20+,21-,22+/m1/s1. The van der Waals surface area contributed by atoms with Crippen LogP contribution < -0.4 is 0 Å². The second-order valence-corrected chi connectivity index (χ2v) is 10.2. The number of ether oxygens (including phenoxy) is 1. The number of carbonyl (C=O) groups is 1. The third-order valence-corrected chi connectivity index (χ3v) is 9.55. The van der Waals surface area contributed by atoms with Crippen LogP contribution in [0.25, 0.3) is 0 Å². The summed E-state index contributed by atoms with van der Waals surface area (Å²) in [6.45, 7) is 6.10. The van der Waals surface area contributed by atoms with E-state index < -0.39 is 0 Å². The largest absolute Gasteiger partial charge is 0.458 e. The van der Waals surface area contributed by atoms with Gasteiger partial charge in [-0.25, -0.2) is 0 Å². The minimum absolute atomic E-state index is 0.0670. The average Bonchev–Trinajstić information content (AvgIpc) is 3.27. The molecular formula is C22H31NO2. The van der Waals surface area contributed by atoms with Crippen molar-refractivity contribution < 1.29 is 9.53 Å². The molecule has 3 heterocycles. The third kappa shape index (κ3) is 1.62. The molecule has 5 fully saturated rings. The van der Waals surface area contributed by atoms with Gasteiger partial charge in [0, 0.05) is 36.4 Å². The van der Waals surface area contributed by atoms with Crippen LogP contribution in [0.1, 0.15) is 65.2 Å². The molecule has 3 heteroatoms. The van der Waals surface area contributed by atoms with Crippen molar-refractivity contribution in [3.8, 4) is 0 Å². The van der Waals surface area contributed by atoms with E-state index >= 15 is 0 Å². The lowest BCUT2D eigenvalue weighted by molar-refractivity contribution is -0.242. The van der Waals surface area contributed by atoms with E-state index in [9.17, 15) is 4.79 Å². The Hall–Kier alpha value is -0.830. The number of piperidine rings is 1. The SMILES string of the molecule is C[C@@H]1CN2[C@H]3[C@@H]1CC[C@]31CCC(=O)O[C@]1(C)[C@H]1CC[C@H]3CCC=C3[C@@H]12. The van der Waals surface area contributed by atoms with Crippen molar-refractivity contribution >= 4 is 5.97 Å². The van der Waals surface area contributed by atoms with Gasteiger partial charge in [-0.3, -0.25) is 9.69 Å². The van der Waals surface area contributed by atoms with Gasteiger partial charge >= 0.3 is 5.97 Å². The van der Waals surface area contributed by atoms with Crippen LogP contribution in [-0.2, 0) is 9.53 Å². The van der Waals surface area contributed by atoms with Crippen LogP contribution in [0, 0.1) is 29.1 Å². The molecule has 1 spiro atoms. The van der Waals surface area contributed by atoms with E-state index in [4.69, 9.17) is 4.74 Å². The van der Waals surface area contributed by atoms with Crippen LogP contribution in [-0.4, -0.2) is 35.1 Å². The van der Waals surface area contributed by atoms with Crippen molar-refractivity contribution in [1.29, 1.82) is 0 Å². The first-order valence-electron chi connectivity index (χ1n) is 10.7. The minimum Gasteiger partial charge on any atom is -0.458 e. The number of esters is 1. The Bertz CT molecular complexity index is 671. The van der Waals surface area contributed by atoms with E-state index in [0.29, 0.717) is 24.4 Å². The van der Waals surface area contributed by atoms with Gasteiger partial charge in [0.05, 0.1) is 0 Å². The maximum absolute atomic E-state index is 12.4. The van der Waals surface area contributed by atoms with E-state index in [0.717, 1.165) is 24.2 Å². The Morgan fingerprint density at radius 1 is 1.20 bits per heavy atom. The Kier molecular flexibility index (Phi) is 2.87. The van der Waals surface area contributed by atoms with Crippen molar-refractivity contribution in [3.63, 3.8) is 0 Å². The third-order valence-electron chi connectivity index (χ3n) is 9.55. The molecule has 6 aliphatic rings. The number of carbonyl (C=O) groups excluding carboxylic acids is 1. The lowest BCUT2D eigenvalue weighted by atomic mass is 9.52. The lowest BCUT2D eigenvalue weighted by Gasteiger charge is -2.65. The van der Waals surface area contributed by atoms with E-state index in [1.807, 2.05) is 0 Å². The van der Waals surface area contributed by atoms with Crippen LogP contribution in [0.3, 0.4) is 0 Å². The fourth-order valence-corrected chi connectivity index (χ4v) is 8.62. The van der Waals surface area contributed by atoms with Gasteiger partial charge in [0.15, 0.2) is 0 Å². The predicted molar refractivity (Wildman–Crippen MR) is 95.9 cm³/mol. The molecule has 6 rings (SSSR count). The van der Waals surface area contributed by atoms with Crippen molar-refractivity contribution in [2.45, 2.75) is 82.9 Å². The number of hydrogen-bond donors (Lipinski definition) is 0. The first kappa shape index (κ1) is 15.2. The van der Waals surface area contributed by atoms with Crippen molar-refractivity contribution in [2.75, 3.05) is 6.54 Å². The highest BCUT2D eigenvalue weighted by Gasteiger charge is 2.73. The molecule has 0 bridgehead atoms. The van der Waals surface area contributed by atoms with Gasteiger partial charge < -0.3 is 4.74 Å². The molecule has 136 valence electrons. The number of fused-ring (bicyclic) bond motifs is 5. The van der Waals surface area contributed by atoms with Gasteiger partial charge in [-0.2, -0.15) is 0 Å². The summed E-state index contributed by atoms with van der Waals surface area (Å²) in [4.78, 5) is 15.3. The van der Waals surface area contributed by atoms with Crippen LogP contribution in [0.2, 0.25) is 0 Å². The molecule has 0 aromatic carbocycles. The molecule has 0 aromatic rings. The van der Waals surface area contributed by atoms with Gasteiger partial charge in [0.25, 0.3) is 0 Å². The van der Waals surface area contributed by atoms with Gasteiger partial charge in [-0.15, -0.1) is 0 Å². The van der Waals surface area contributed by atoms with E-state index in [1.54, 1.807) is 5.57 Å². The molecule has 3 aliphatic carbocycles. The molecule has 0 N–H and O–H groups in total. The average molecular weight is 341 g/mol. The quantitative estimate of drug-likeness (QED) is 0.494. The topological polar surface area (TPSA) is 29.5 Å². The summed E-state index contributed by atoms with van der Waals surface area (Å²) in [6, 6.07) is 1.21. The number of nitrogens with zero attached hydrogens (tertiary/aromatic N) is 1. The second kappa shape index (κ2) is 4.71. The van der Waals surface area contributed by atoms with Crippen LogP contribution in [0.4, 0.5) is 0 Å². The molecule has 3 nitrogen and oxygen atoms in total. The Labute approximate surface area is 151 Å². The van der Waals surface area contributed by atoms with Crippen LogP contribution in [0.15, 0.2) is 11.6 Å². The molecule has 0 radical (unpaired) electrons. The Morgan fingerprint density at radius 3 is 2.96 bits per heavy atom. The number of rotatable bonds is 0. The summed E-state index contributed by atoms with van der Waals surface area (Å²) in [5, 5.41) is 0. The predicted octanol–water partition coefficient (Wildman–Crippen LogP) is 3.93. The van der Waals surface area contributed by atoms with Crippen molar-refractivity contribution in [1.82, 2.24) is 4.90 Å². The fraction of sp³-hybridized carbons (Fsp3) is 0.864. The summed E-state index contributed by atoms with van der Waals surface area (Å²) < 4.78 is 6.37. The lowest BCUT2D eigenvalue weighted by Crippen LogP contribution is -2.73. The summed E-state index contributed by atoms with van der Waals surface area (Å²) in [7, 11) is 0. The van der Waals surface area contributed by atoms with Gasteiger partial charge in [0.1, 0.15) is 5.60 Å². The fourth-order valence-electron chi connectivity index (χ4n) is 8.62. The molecule has 2 saturated carbocycles. The van der Waals surface area contributed by atoms with Gasteiger partial charge in [-0.05, 0) is 69.6 Å². The molecular weight excluding hydrogens is 310 g/mol. The first-order chi connectivity index (χ1) is 12.1. The van der Waals surface area contributed by atoms with E-state index in [2.05, 4.69) is 24.8 Å². The normalized spacial score (nSPS) is 56.6. The first-order valence-corrected chi connectivity index (χ1v) is 10.7. The molecule has 0 amide bonds. The smallest absolute Gasteiger partial charge is 0.306 e. The second-order valence-electron chi connectivity index (χ2n) is 10.2. The molecule has 25 heavy (non-hydrogen) atoms. The van der Waals surface area contributed by atoms with Gasteiger partial charge in [0.2, 0.25) is 0 Å². The zero-order chi connectivity index (χ0) is 17.0. The Morgan fingerprint density at radius 2 is 2.08 bits per heavy atom. The van der Waals surface area contributed by atoms with Crippen molar-refractivity contribution in [2.24, 2.45) is 29.1 Å².